The van der Waals surface area contributed by atoms with Crippen molar-refractivity contribution >= 4 is 17.6 Å². The summed E-state index contributed by atoms with van der Waals surface area (Å²) in [4.78, 5) is 32.8. The third-order valence-electron chi connectivity index (χ3n) is 7.86. The van der Waals surface area contributed by atoms with Crippen LogP contribution in [0, 0.1) is 11.8 Å². The third-order valence-corrected chi connectivity index (χ3v) is 7.86. The lowest BCUT2D eigenvalue weighted by molar-refractivity contribution is -0.129. The fourth-order valence-electron chi connectivity index (χ4n) is 5.66. The largest absolute Gasteiger partial charge is 0.482 e. The summed E-state index contributed by atoms with van der Waals surface area (Å²) in [7, 11) is 0. The zero-order valence-corrected chi connectivity index (χ0v) is 22.0. The van der Waals surface area contributed by atoms with Crippen molar-refractivity contribution in [3.8, 4) is 16.9 Å². The van der Waals surface area contributed by atoms with Gasteiger partial charge in [-0.3, -0.25) is 9.59 Å². The number of hydrogen-bond acceptors (Lipinski definition) is 6. The number of hydrogen-bond donors (Lipinski definition) is 3. The van der Waals surface area contributed by atoms with Gasteiger partial charge in [-0.15, -0.1) is 0 Å². The minimum absolute atomic E-state index is 0.00647. The Morgan fingerprint density at radius 1 is 1.30 bits per heavy atom. The molecule has 4 heterocycles. The first kappa shape index (κ1) is 25.3. The number of aromatic nitrogens is 1. The van der Waals surface area contributed by atoms with Gasteiger partial charge in [0.15, 0.2) is 0 Å². The number of carbonyl (C=O) groups is 2. The molecule has 0 bridgehead atoms. The minimum atomic E-state index is -0.535. The van der Waals surface area contributed by atoms with E-state index < -0.39 is 5.60 Å². The first-order valence-electron chi connectivity index (χ1n) is 13.3. The third kappa shape index (κ3) is 5.21. The van der Waals surface area contributed by atoms with Crippen molar-refractivity contribution in [2.75, 3.05) is 37.6 Å². The number of carbonyl (C=O) groups excluding carboxylic acids is 2. The second-order valence-corrected chi connectivity index (χ2v) is 10.9. The van der Waals surface area contributed by atoms with E-state index >= 15 is 0 Å². The second-order valence-electron chi connectivity index (χ2n) is 10.9. The van der Waals surface area contributed by atoms with Gasteiger partial charge in [0.05, 0.1) is 5.92 Å². The van der Waals surface area contributed by atoms with E-state index in [1.54, 1.807) is 0 Å². The molecule has 3 aliphatic rings. The van der Waals surface area contributed by atoms with E-state index in [2.05, 4.69) is 34.4 Å². The van der Waals surface area contributed by atoms with Crippen LogP contribution in [-0.4, -0.2) is 61.2 Å². The molecule has 196 valence electrons. The number of nitrogens with zero attached hydrogens (tertiary/aromatic N) is 2. The summed E-state index contributed by atoms with van der Waals surface area (Å²) in [6.45, 7) is 14.1. The molecule has 8 nitrogen and oxygen atoms in total. The normalized spacial score (nSPS) is 27.2. The van der Waals surface area contributed by atoms with Crippen LogP contribution in [0.1, 0.15) is 43.1 Å². The zero-order chi connectivity index (χ0) is 26.2. The molecule has 2 amide bonds. The highest BCUT2D eigenvalue weighted by Crippen LogP contribution is 2.44. The number of piperazine rings is 1. The molecular formula is C29H37N5O3. The van der Waals surface area contributed by atoms with E-state index in [0.29, 0.717) is 18.5 Å². The summed E-state index contributed by atoms with van der Waals surface area (Å²) in [6, 6.07) is 8.02. The Morgan fingerprint density at radius 2 is 2.08 bits per heavy atom. The van der Waals surface area contributed by atoms with Crippen molar-refractivity contribution in [1.29, 1.82) is 0 Å². The lowest BCUT2D eigenvalue weighted by atomic mass is 9.84. The summed E-state index contributed by atoms with van der Waals surface area (Å²) in [5.74, 6) is 1.50. The number of anilines is 1. The number of rotatable bonds is 6. The summed E-state index contributed by atoms with van der Waals surface area (Å²) < 4.78 is 6.35. The number of piperidine rings is 1. The van der Waals surface area contributed by atoms with Gasteiger partial charge in [-0.2, -0.15) is 0 Å². The molecule has 0 aliphatic carbocycles. The first-order valence-corrected chi connectivity index (χ1v) is 13.3. The zero-order valence-electron chi connectivity index (χ0n) is 22.0. The molecule has 5 rings (SSSR count). The first-order chi connectivity index (χ1) is 17.8. The smallest absolute Gasteiger partial charge is 0.251 e. The molecule has 0 radical (unpaired) electrons. The maximum atomic E-state index is 13.3. The van der Waals surface area contributed by atoms with Crippen molar-refractivity contribution in [1.82, 2.24) is 20.9 Å². The van der Waals surface area contributed by atoms with Crippen molar-refractivity contribution in [3.63, 3.8) is 0 Å². The molecule has 8 heteroatoms. The highest BCUT2D eigenvalue weighted by atomic mass is 16.5. The van der Waals surface area contributed by atoms with Gasteiger partial charge < -0.3 is 25.6 Å². The molecule has 0 spiro atoms. The van der Waals surface area contributed by atoms with Gasteiger partial charge in [-0.05, 0) is 62.1 Å². The fraction of sp³-hybridized carbons (Fsp3) is 0.483. The molecule has 2 aromatic rings. The van der Waals surface area contributed by atoms with Crippen LogP contribution in [0.5, 0.6) is 5.75 Å². The van der Waals surface area contributed by atoms with Crippen molar-refractivity contribution < 1.29 is 14.3 Å². The molecule has 1 aromatic heterocycles. The van der Waals surface area contributed by atoms with Crippen molar-refractivity contribution in [2.45, 2.75) is 45.3 Å². The highest BCUT2D eigenvalue weighted by molar-refractivity contribution is 5.97. The molecule has 2 fully saturated rings. The van der Waals surface area contributed by atoms with E-state index in [1.807, 2.05) is 50.4 Å². The Bertz CT molecular complexity index is 1190. The van der Waals surface area contributed by atoms with Crippen LogP contribution >= 0.6 is 0 Å². The molecule has 2 saturated heterocycles. The number of ether oxygens (including phenoxy) is 1. The predicted molar refractivity (Wildman–Crippen MR) is 145 cm³/mol. The van der Waals surface area contributed by atoms with Gasteiger partial charge in [0.2, 0.25) is 5.91 Å². The molecule has 3 aliphatic heterocycles. The minimum Gasteiger partial charge on any atom is -0.482 e. The van der Waals surface area contributed by atoms with Gasteiger partial charge in [-0.1, -0.05) is 13.5 Å². The molecule has 37 heavy (non-hydrogen) atoms. The second kappa shape index (κ2) is 10.2. The van der Waals surface area contributed by atoms with Crippen LogP contribution in [-0.2, 0) is 11.2 Å². The van der Waals surface area contributed by atoms with Gasteiger partial charge in [0, 0.05) is 68.1 Å². The highest BCUT2D eigenvalue weighted by Gasteiger charge is 2.36. The number of pyridine rings is 1. The quantitative estimate of drug-likeness (QED) is 0.525. The van der Waals surface area contributed by atoms with E-state index in [0.717, 1.165) is 60.9 Å². The van der Waals surface area contributed by atoms with Crippen LogP contribution in [0.25, 0.3) is 11.1 Å². The van der Waals surface area contributed by atoms with Crippen molar-refractivity contribution in [2.24, 2.45) is 11.8 Å². The maximum absolute atomic E-state index is 13.3. The molecule has 4 unspecified atom stereocenters. The monoisotopic (exact) mass is 503 g/mol. The molecule has 3 N–H and O–H groups in total. The Kier molecular flexibility index (Phi) is 6.94. The molecule has 4 atom stereocenters. The topological polar surface area (TPSA) is 95.6 Å². The maximum Gasteiger partial charge on any atom is 0.251 e. The van der Waals surface area contributed by atoms with Crippen LogP contribution in [0.15, 0.2) is 43.1 Å². The van der Waals surface area contributed by atoms with Crippen LogP contribution in [0.2, 0.25) is 0 Å². The van der Waals surface area contributed by atoms with Gasteiger partial charge >= 0.3 is 0 Å². The Hall–Kier alpha value is -3.39. The van der Waals surface area contributed by atoms with Gasteiger partial charge in [-0.25, -0.2) is 4.98 Å². The summed E-state index contributed by atoms with van der Waals surface area (Å²) in [5, 5.41) is 9.38. The predicted octanol–water partition coefficient (Wildman–Crippen LogP) is 2.93. The number of benzene rings is 1. The van der Waals surface area contributed by atoms with Crippen LogP contribution in [0.3, 0.4) is 0 Å². The SMILES string of the molecule is C=CC1(C)Cc2cc(C(=O)NCC3C(=O)NC(C)CC3C)cc(-c3ccc(N4CCNCC4)nc3)c2O1. The van der Waals surface area contributed by atoms with E-state index in [-0.39, 0.29) is 29.7 Å². The number of amides is 2. The van der Waals surface area contributed by atoms with E-state index in [9.17, 15) is 9.59 Å². The molecular weight excluding hydrogens is 466 g/mol. The van der Waals surface area contributed by atoms with Gasteiger partial charge in [0.25, 0.3) is 5.91 Å². The number of nitrogens with one attached hydrogen (secondary N) is 3. The summed E-state index contributed by atoms with van der Waals surface area (Å²) in [6.07, 6.45) is 5.21. The average molecular weight is 504 g/mol. The Morgan fingerprint density at radius 3 is 2.76 bits per heavy atom. The fourth-order valence-corrected chi connectivity index (χ4v) is 5.66. The van der Waals surface area contributed by atoms with Crippen LogP contribution in [0.4, 0.5) is 5.82 Å². The molecule has 1 aromatic carbocycles. The van der Waals surface area contributed by atoms with Gasteiger partial charge in [0.1, 0.15) is 17.2 Å². The lowest BCUT2D eigenvalue weighted by Crippen LogP contribution is -2.50. The van der Waals surface area contributed by atoms with Crippen LogP contribution < -0.4 is 25.6 Å². The average Bonchev–Trinajstić information content (AvgIpc) is 3.25. The van der Waals surface area contributed by atoms with E-state index in [1.165, 1.54) is 0 Å². The lowest BCUT2D eigenvalue weighted by Gasteiger charge is -2.32. The molecule has 0 saturated carbocycles. The van der Waals surface area contributed by atoms with Crippen molar-refractivity contribution in [3.05, 3.63) is 54.2 Å². The van der Waals surface area contributed by atoms with E-state index in [4.69, 9.17) is 9.72 Å². The summed E-state index contributed by atoms with van der Waals surface area (Å²) in [5.41, 5.74) is 2.72. The Balaban J connectivity index is 1.41. The summed E-state index contributed by atoms with van der Waals surface area (Å²) >= 11 is 0. The number of fused-ring (bicyclic) bond motifs is 1. The standard InChI is InChI=1S/C29H37N5O3/c1-5-29(4)15-22-13-21(27(35)32-17-24-18(2)12-19(3)33-28(24)36)14-23(26(22)37-29)20-6-7-25(31-16-20)34-10-8-30-9-11-34/h5-7,13-14,16,18-19,24,30H,1,8-12,15,17H2,2-4H3,(H,32,35)(H,33,36). The Labute approximate surface area is 218 Å².